The molecule has 0 aliphatic carbocycles. The van der Waals surface area contributed by atoms with Gasteiger partial charge in [-0.2, -0.15) is 0 Å². The van der Waals surface area contributed by atoms with Crippen LogP contribution in [0.5, 0.6) is 5.75 Å². The Morgan fingerprint density at radius 1 is 1.12 bits per heavy atom. The normalized spacial score (nSPS) is 10.1. The highest BCUT2D eigenvalue weighted by molar-refractivity contribution is 5.41. The highest BCUT2D eigenvalue weighted by Crippen LogP contribution is 2.15. The minimum absolute atomic E-state index is 0.686. The summed E-state index contributed by atoms with van der Waals surface area (Å²) in [6.07, 6.45) is 0.878. The second-order valence-electron chi connectivity index (χ2n) is 3.68. The Morgan fingerprint density at radius 3 is 2.50 bits per heavy atom. The maximum absolute atomic E-state index is 5.68. The Labute approximate surface area is 95.7 Å². The average Bonchev–Trinajstić information content (AvgIpc) is 2.30. The van der Waals surface area contributed by atoms with Gasteiger partial charge in [-0.05, 0) is 35.7 Å². The lowest BCUT2D eigenvalue weighted by atomic mass is 10.0. The van der Waals surface area contributed by atoms with Crippen LogP contribution in [0.25, 0.3) is 0 Å². The molecule has 16 heavy (non-hydrogen) atoms. The van der Waals surface area contributed by atoms with Crippen LogP contribution in [0.3, 0.4) is 0 Å². The van der Waals surface area contributed by atoms with Crippen molar-refractivity contribution in [3.8, 4) is 5.75 Å². The summed E-state index contributed by atoms with van der Waals surface area (Å²) in [7, 11) is 1.67. The van der Waals surface area contributed by atoms with Crippen molar-refractivity contribution >= 4 is 5.69 Å². The van der Waals surface area contributed by atoms with Gasteiger partial charge in [0, 0.05) is 11.8 Å². The molecule has 2 heteroatoms. The predicted molar refractivity (Wildman–Crippen MR) is 65.5 cm³/mol. The third-order valence-electron chi connectivity index (χ3n) is 2.46. The van der Waals surface area contributed by atoms with Gasteiger partial charge in [0.25, 0.3) is 0 Å². The monoisotopic (exact) mass is 212 g/mol. The van der Waals surface area contributed by atoms with Crippen LogP contribution in [0.4, 0.5) is 5.69 Å². The first-order chi connectivity index (χ1) is 7.78. The fraction of sp³-hybridized carbons (Fsp3) is 0.143. The van der Waals surface area contributed by atoms with Gasteiger partial charge in [0.2, 0.25) is 0 Å². The van der Waals surface area contributed by atoms with Crippen molar-refractivity contribution < 1.29 is 4.74 Å². The zero-order valence-corrected chi connectivity index (χ0v) is 9.23. The van der Waals surface area contributed by atoms with E-state index < -0.39 is 0 Å². The van der Waals surface area contributed by atoms with E-state index in [1.807, 2.05) is 30.3 Å². The number of nitrogen functional groups attached to an aromatic ring is 1. The van der Waals surface area contributed by atoms with Crippen molar-refractivity contribution in [2.45, 2.75) is 6.42 Å². The number of ether oxygens (including phenoxy) is 1. The third-order valence-corrected chi connectivity index (χ3v) is 2.46. The molecule has 0 saturated heterocycles. The van der Waals surface area contributed by atoms with Crippen molar-refractivity contribution in [1.82, 2.24) is 0 Å². The molecule has 81 valence electrons. The zero-order chi connectivity index (χ0) is 11.4. The maximum Gasteiger partial charge on any atom is 0.118 e. The van der Waals surface area contributed by atoms with Gasteiger partial charge < -0.3 is 10.5 Å². The van der Waals surface area contributed by atoms with E-state index in [2.05, 4.69) is 18.2 Å². The number of nitrogens with two attached hydrogens (primary N) is 1. The molecule has 0 fully saturated rings. The molecular weight excluding hydrogens is 198 g/mol. The SMILES string of the molecule is COc1ccc(Cc2cc[c]c(N)c2)cc1. The Hall–Kier alpha value is -1.96. The Morgan fingerprint density at radius 2 is 1.88 bits per heavy atom. The lowest BCUT2D eigenvalue weighted by molar-refractivity contribution is 0.414. The largest absolute Gasteiger partial charge is 0.497 e. The molecule has 0 heterocycles. The minimum Gasteiger partial charge on any atom is -0.497 e. The van der Waals surface area contributed by atoms with Gasteiger partial charge in [0.05, 0.1) is 7.11 Å². The third kappa shape index (κ3) is 2.54. The van der Waals surface area contributed by atoms with Crippen LogP contribution in [-0.4, -0.2) is 7.11 Å². The fourth-order valence-electron chi connectivity index (χ4n) is 1.62. The summed E-state index contributed by atoms with van der Waals surface area (Å²) in [6.45, 7) is 0. The summed E-state index contributed by atoms with van der Waals surface area (Å²) < 4.78 is 5.11. The molecule has 0 amide bonds. The summed E-state index contributed by atoms with van der Waals surface area (Å²) in [4.78, 5) is 0. The van der Waals surface area contributed by atoms with E-state index in [0.717, 1.165) is 12.2 Å². The van der Waals surface area contributed by atoms with Gasteiger partial charge in [0.1, 0.15) is 5.75 Å². The summed E-state index contributed by atoms with van der Waals surface area (Å²) in [5.74, 6) is 0.879. The molecule has 0 bridgehead atoms. The van der Waals surface area contributed by atoms with Crippen LogP contribution >= 0.6 is 0 Å². The van der Waals surface area contributed by atoms with Crippen molar-refractivity contribution in [2.24, 2.45) is 0 Å². The number of hydrogen-bond donors (Lipinski definition) is 1. The smallest absolute Gasteiger partial charge is 0.118 e. The molecule has 2 aromatic rings. The molecule has 0 aromatic heterocycles. The van der Waals surface area contributed by atoms with E-state index in [0.29, 0.717) is 5.69 Å². The van der Waals surface area contributed by atoms with Gasteiger partial charge in [-0.3, -0.25) is 0 Å². The molecule has 2 aromatic carbocycles. The molecule has 0 saturated carbocycles. The van der Waals surface area contributed by atoms with E-state index in [-0.39, 0.29) is 0 Å². The maximum atomic E-state index is 5.68. The number of anilines is 1. The molecular formula is C14H14NO. The number of rotatable bonds is 3. The van der Waals surface area contributed by atoms with Crippen LogP contribution < -0.4 is 10.5 Å². The first-order valence-corrected chi connectivity index (χ1v) is 5.17. The highest BCUT2D eigenvalue weighted by Gasteiger charge is 1.97. The van der Waals surface area contributed by atoms with Crippen LogP contribution in [0.1, 0.15) is 11.1 Å². The highest BCUT2D eigenvalue weighted by atomic mass is 16.5. The van der Waals surface area contributed by atoms with Gasteiger partial charge in [-0.25, -0.2) is 0 Å². The molecule has 0 unspecified atom stereocenters. The molecule has 2 nitrogen and oxygen atoms in total. The summed E-state index contributed by atoms with van der Waals surface area (Å²) >= 11 is 0. The molecule has 0 aliphatic rings. The van der Waals surface area contributed by atoms with Gasteiger partial charge in [0.15, 0.2) is 0 Å². The van der Waals surface area contributed by atoms with E-state index in [1.165, 1.54) is 11.1 Å². The summed E-state index contributed by atoms with van der Waals surface area (Å²) in [5.41, 5.74) is 8.81. The second-order valence-corrected chi connectivity index (χ2v) is 3.68. The molecule has 0 aliphatic heterocycles. The van der Waals surface area contributed by atoms with Gasteiger partial charge in [-0.1, -0.05) is 24.3 Å². The van der Waals surface area contributed by atoms with E-state index >= 15 is 0 Å². The minimum atomic E-state index is 0.686. The predicted octanol–water partition coefficient (Wildman–Crippen LogP) is 2.67. The van der Waals surface area contributed by atoms with Crippen molar-refractivity contribution in [3.63, 3.8) is 0 Å². The Balaban J connectivity index is 2.14. The number of benzene rings is 2. The molecule has 2 rings (SSSR count). The first-order valence-electron chi connectivity index (χ1n) is 5.17. The summed E-state index contributed by atoms with van der Waals surface area (Å²) in [6, 6.07) is 16.8. The van der Waals surface area contributed by atoms with Gasteiger partial charge in [-0.15, -0.1) is 0 Å². The quantitative estimate of drug-likeness (QED) is 0.794. The topological polar surface area (TPSA) is 35.2 Å². The average molecular weight is 212 g/mol. The second kappa shape index (κ2) is 4.71. The van der Waals surface area contributed by atoms with Crippen LogP contribution in [0.15, 0.2) is 42.5 Å². The van der Waals surface area contributed by atoms with Crippen molar-refractivity contribution in [3.05, 3.63) is 59.7 Å². The molecule has 0 spiro atoms. The van der Waals surface area contributed by atoms with E-state index in [4.69, 9.17) is 10.5 Å². The fourth-order valence-corrected chi connectivity index (χ4v) is 1.62. The number of methoxy groups -OCH3 is 1. The molecule has 1 radical (unpaired) electrons. The van der Waals surface area contributed by atoms with Crippen molar-refractivity contribution in [1.29, 1.82) is 0 Å². The number of hydrogen-bond acceptors (Lipinski definition) is 2. The van der Waals surface area contributed by atoms with Crippen LogP contribution in [0.2, 0.25) is 0 Å². The van der Waals surface area contributed by atoms with Crippen LogP contribution in [0, 0.1) is 6.07 Å². The standard InChI is InChI=1S/C14H14NO/c1-16-14-7-5-11(6-8-14)9-12-3-2-4-13(15)10-12/h2-3,5-8,10H,9,15H2,1H3. The lowest BCUT2D eigenvalue weighted by Crippen LogP contribution is -1.91. The Kier molecular flexibility index (Phi) is 3.10. The Bertz CT molecular complexity index is 462. The molecule has 0 atom stereocenters. The van der Waals surface area contributed by atoms with E-state index in [1.54, 1.807) is 7.11 Å². The van der Waals surface area contributed by atoms with Gasteiger partial charge >= 0.3 is 0 Å². The zero-order valence-electron chi connectivity index (χ0n) is 9.23. The first kappa shape index (κ1) is 10.6. The van der Waals surface area contributed by atoms with E-state index in [9.17, 15) is 0 Å². The molecule has 2 N–H and O–H groups in total. The summed E-state index contributed by atoms with van der Waals surface area (Å²) in [5, 5.41) is 0. The van der Waals surface area contributed by atoms with Crippen molar-refractivity contribution in [2.75, 3.05) is 12.8 Å². The van der Waals surface area contributed by atoms with Crippen LogP contribution in [-0.2, 0) is 6.42 Å². The lowest BCUT2D eigenvalue weighted by Gasteiger charge is -2.04.